The van der Waals surface area contributed by atoms with Crippen molar-refractivity contribution in [1.82, 2.24) is 0 Å². The Morgan fingerprint density at radius 2 is 1.74 bits per heavy atom. The van der Waals surface area contributed by atoms with Crippen LogP contribution < -0.4 is 11.1 Å². The first-order valence-corrected chi connectivity index (χ1v) is 6.26. The van der Waals surface area contributed by atoms with E-state index in [0.717, 1.165) is 11.3 Å². The minimum atomic E-state index is -0.0203. The molecule has 0 fully saturated rings. The van der Waals surface area contributed by atoms with Crippen LogP contribution in [0.15, 0.2) is 42.5 Å². The highest BCUT2D eigenvalue weighted by Gasteiger charge is 2.05. The van der Waals surface area contributed by atoms with Gasteiger partial charge in [0.25, 0.3) is 0 Å². The highest BCUT2D eigenvalue weighted by Crippen LogP contribution is 2.13. The van der Waals surface area contributed by atoms with Crippen LogP contribution in [0.2, 0.25) is 0 Å². The first-order valence-electron chi connectivity index (χ1n) is 6.26. The van der Waals surface area contributed by atoms with Gasteiger partial charge < -0.3 is 11.1 Å². The number of anilines is 2. The fourth-order valence-corrected chi connectivity index (χ4v) is 1.87. The third-order valence-corrected chi connectivity index (χ3v) is 3.13. The summed E-state index contributed by atoms with van der Waals surface area (Å²) in [5, 5.41) is 2.86. The number of nitrogen functional groups attached to an aromatic ring is 1. The lowest BCUT2D eigenvalue weighted by molar-refractivity contribution is -0.115. The molecule has 0 radical (unpaired) electrons. The first-order chi connectivity index (χ1) is 9.04. The third-order valence-electron chi connectivity index (χ3n) is 3.13. The molecule has 0 atom stereocenters. The van der Waals surface area contributed by atoms with Gasteiger partial charge in [-0.1, -0.05) is 18.2 Å². The van der Waals surface area contributed by atoms with Gasteiger partial charge in [-0.3, -0.25) is 4.79 Å². The summed E-state index contributed by atoms with van der Waals surface area (Å²) in [6, 6.07) is 13.2. The number of carbonyl (C=O) groups is 1. The number of benzene rings is 2. The highest BCUT2D eigenvalue weighted by molar-refractivity contribution is 5.92. The summed E-state index contributed by atoms with van der Waals surface area (Å²) < 4.78 is 0. The first kappa shape index (κ1) is 13.1. The molecule has 2 aromatic carbocycles. The van der Waals surface area contributed by atoms with Crippen molar-refractivity contribution in [3.63, 3.8) is 0 Å². The molecule has 3 N–H and O–H groups in total. The predicted octanol–water partition coefficient (Wildman–Crippen LogP) is 3.07. The van der Waals surface area contributed by atoms with Gasteiger partial charge in [0.05, 0.1) is 6.42 Å². The van der Waals surface area contributed by atoms with Crippen molar-refractivity contribution < 1.29 is 4.79 Å². The van der Waals surface area contributed by atoms with Crippen LogP contribution in [0.25, 0.3) is 0 Å². The Balaban J connectivity index is 2.01. The molecule has 0 aliphatic heterocycles. The Labute approximate surface area is 113 Å². The van der Waals surface area contributed by atoms with Gasteiger partial charge in [0.1, 0.15) is 0 Å². The van der Waals surface area contributed by atoms with Gasteiger partial charge in [-0.2, -0.15) is 0 Å². The van der Waals surface area contributed by atoms with Crippen molar-refractivity contribution in [3.8, 4) is 0 Å². The van der Waals surface area contributed by atoms with E-state index < -0.39 is 0 Å². The Morgan fingerprint density at radius 1 is 1.05 bits per heavy atom. The maximum Gasteiger partial charge on any atom is 0.228 e. The van der Waals surface area contributed by atoms with Crippen LogP contribution in [-0.2, 0) is 11.2 Å². The highest BCUT2D eigenvalue weighted by atomic mass is 16.1. The number of nitrogens with two attached hydrogens (primary N) is 1. The fraction of sp³-hybridized carbons (Fsp3) is 0.188. The van der Waals surface area contributed by atoms with E-state index in [0.29, 0.717) is 12.1 Å². The average molecular weight is 254 g/mol. The molecule has 19 heavy (non-hydrogen) atoms. The zero-order valence-corrected chi connectivity index (χ0v) is 11.2. The molecule has 0 bridgehead atoms. The Morgan fingerprint density at radius 3 is 2.37 bits per heavy atom. The molecule has 0 heterocycles. The van der Waals surface area contributed by atoms with Crippen molar-refractivity contribution >= 4 is 17.3 Å². The van der Waals surface area contributed by atoms with Gasteiger partial charge in [0.15, 0.2) is 0 Å². The monoisotopic (exact) mass is 254 g/mol. The van der Waals surface area contributed by atoms with Crippen LogP contribution in [0.3, 0.4) is 0 Å². The van der Waals surface area contributed by atoms with E-state index in [1.807, 2.05) is 12.1 Å². The van der Waals surface area contributed by atoms with E-state index in [9.17, 15) is 4.79 Å². The molecular weight excluding hydrogens is 236 g/mol. The van der Waals surface area contributed by atoms with Gasteiger partial charge >= 0.3 is 0 Å². The van der Waals surface area contributed by atoms with E-state index in [-0.39, 0.29) is 5.91 Å². The minimum absolute atomic E-state index is 0.0203. The molecule has 2 rings (SSSR count). The van der Waals surface area contributed by atoms with Gasteiger partial charge in [-0.15, -0.1) is 0 Å². The van der Waals surface area contributed by atoms with E-state index in [1.54, 1.807) is 24.3 Å². The summed E-state index contributed by atoms with van der Waals surface area (Å²) in [4.78, 5) is 11.9. The maximum atomic E-state index is 11.9. The van der Waals surface area contributed by atoms with E-state index in [4.69, 9.17) is 5.73 Å². The van der Waals surface area contributed by atoms with Gasteiger partial charge in [0.2, 0.25) is 5.91 Å². The van der Waals surface area contributed by atoms with E-state index in [1.165, 1.54) is 11.1 Å². The smallest absolute Gasteiger partial charge is 0.228 e. The molecule has 3 heteroatoms. The number of amides is 1. The second-order valence-electron chi connectivity index (χ2n) is 4.77. The maximum absolute atomic E-state index is 11.9. The number of aryl methyl sites for hydroxylation is 2. The fourth-order valence-electron chi connectivity index (χ4n) is 1.87. The molecule has 0 spiro atoms. The molecular formula is C16H18N2O. The van der Waals surface area contributed by atoms with E-state index >= 15 is 0 Å². The lowest BCUT2D eigenvalue weighted by Crippen LogP contribution is -2.14. The summed E-state index contributed by atoms with van der Waals surface area (Å²) in [5.74, 6) is -0.0203. The SMILES string of the molecule is Cc1ccc(CC(=O)Nc2ccc(N)cc2)cc1C. The topological polar surface area (TPSA) is 55.1 Å². The molecule has 1 amide bonds. The van der Waals surface area contributed by atoms with Crippen molar-refractivity contribution in [2.24, 2.45) is 0 Å². The van der Waals surface area contributed by atoms with Crippen LogP contribution in [0, 0.1) is 13.8 Å². The number of carbonyl (C=O) groups excluding carboxylic acids is 1. The molecule has 0 aromatic heterocycles. The molecule has 2 aromatic rings. The largest absolute Gasteiger partial charge is 0.399 e. The van der Waals surface area contributed by atoms with Crippen molar-refractivity contribution in [3.05, 3.63) is 59.2 Å². The van der Waals surface area contributed by atoms with Gasteiger partial charge in [-0.05, 0) is 54.8 Å². The second-order valence-corrected chi connectivity index (χ2v) is 4.77. The van der Waals surface area contributed by atoms with Crippen LogP contribution in [0.1, 0.15) is 16.7 Å². The van der Waals surface area contributed by atoms with Gasteiger partial charge in [0, 0.05) is 11.4 Å². The Hall–Kier alpha value is -2.29. The standard InChI is InChI=1S/C16H18N2O/c1-11-3-4-13(9-12(11)2)10-16(19)18-15-7-5-14(17)6-8-15/h3-9H,10,17H2,1-2H3,(H,18,19). The molecule has 0 saturated heterocycles. The minimum Gasteiger partial charge on any atom is -0.399 e. The summed E-state index contributed by atoms with van der Waals surface area (Å²) in [6.07, 6.45) is 0.380. The number of rotatable bonds is 3. The Bertz CT molecular complexity index is 588. The average Bonchev–Trinajstić information content (AvgIpc) is 2.37. The zero-order chi connectivity index (χ0) is 13.8. The van der Waals surface area contributed by atoms with Crippen molar-refractivity contribution in [1.29, 1.82) is 0 Å². The second kappa shape index (κ2) is 5.57. The quantitative estimate of drug-likeness (QED) is 0.827. The van der Waals surface area contributed by atoms with Crippen molar-refractivity contribution in [2.75, 3.05) is 11.1 Å². The van der Waals surface area contributed by atoms with E-state index in [2.05, 4.69) is 25.2 Å². The van der Waals surface area contributed by atoms with Crippen LogP contribution >= 0.6 is 0 Å². The van der Waals surface area contributed by atoms with Crippen LogP contribution in [0.5, 0.6) is 0 Å². The normalized spacial score (nSPS) is 10.2. The van der Waals surface area contributed by atoms with Gasteiger partial charge in [-0.25, -0.2) is 0 Å². The number of hydrogen-bond acceptors (Lipinski definition) is 2. The number of hydrogen-bond donors (Lipinski definition) is 2. The molecule has 0 aliphatic carbocycles. The molecule has 0 saturated carbocycles. The lowest BCUT2D eigenvalue weighted by atomic mass is 10.0. The third kappa shape index (κ3) is 3.58. The Kier molecular flexibility index (Phi) is 3.85. The summed E-state index contributed by atoms with van der Waals surface area (Å²) >= 11 is 0. The van der Waals surface area contributed by atoms with Crippen molar-refractivity contribution in [2.45, 2.75) is 20.3 Å². The number of nitrogens with one attached hydrogen (secondary N) is 1. The lowest BCUT2D eigenvalue weighted by Gasteiger charge is -2.07. The molecule has 98 valence electrons. The molecule has 3 nitrogen and oxygen atoms in total. The molecule has 0 unspecified atom stereocenters. The summed E-state index contributed by atoms with van der Waals surface area (Å²) in [6.45, 7) is 4.12. The van der Waals surface area contributed by atoms with Crippen LogP contribution in [0.4, 0.5) is 11.4 Å². The summed E-state index contributed by atoms with van der Waals surface area (Å²) in [7, 11) is 0. The van der Waals surface area contributed by atoms with Crippen LogP contribution in [-0.4, -0.2) is 5.91 Å². The molecule has 0 aliphatic rings. The zero-order valence-electron chi connectivity index (χ0n) is 11.2. The summed E-state index contributed by atoms with van der Waals surface area (Å²) in [5.41, 5.74) is 10.5. The predicted molar refractivity (Wildman–Crippen MR) is 79.1 cm³/mol.